The van der Waals surface area contributed by atoms with Crippen LogP contribution in [0.5, 0.6) is 0 Å². The van der Waals surface area contributed by atoms with Crippen LogP contribution in [0.15, 0.2) is 0 Å². The third kappa shape index (κ3) is 5.83. The summed E-state index contributed by atoms with van der Waals surface area (Å²) in [6, 6.07) is 0.0960. The molecule has 1 amide bonds. The van der Waals surface area contributed by atoms with Gasteiger partial charge in [-0.3, -0.25) is 4.79 Å². The number of amides is 1. The molecule has 0 radical (unpaired) electrons. The van der Waals surface area contributed by atoms with Crippen LogP contribution in [0, 0.1) is 5.92 Å². The molecule has 0 aromatic rings. The maximum atomic E-state index is 11.3. The van der Waals surface area contributed by atoms with Crippen molar-refractivity contribution >= 4 is 5.91 Å². The average molecular weight is 255 g/mol. The number of rotatable bonds is 8. The second kappa shape index (κ2) is 7.74. The van der Waals surface area contributed by atoms with Gasteiger partial charge in [-0.05, 0) is 38.8 Å². The molecule has 1 unspecified atom stereocenters. The quantitative estimate of drug-likeness (QED) is 0.688. The van der Waals surface area contributed by atoms with Gasteiger partial charge in [0.1, 0.15) is 0 Å². The summed E-state index contributed by atoms with van der Waals surface area (Å²) in [6.45, 7) is 6.17. The lowest BCUT2D eigenvalue weighted by Crippen LogP contribution is -2.46. The van der Waals surface area contributed by atoms with Crippen molar-refractivity contribution < 1.29 is 4.79 Å². The van der Waals surface area contributed by atoms with Crippen LogP contribution < -0.4 is 11.1 Å². The largest absolute Gasteiger partial charge is 0.368 e. The number of nitrogens with one attached hydrogen (secondary N) is 1. The summed E-state index contributed by atoms with van der Waals surface area (Å²) in [5, 5.41) is 3.23. The van der Waals surface area contributed by atoms with Gasteiger partial charge in [-0.1, -0.05) is 26.7 Å². The zero-order chi connectivity index (χ0) is 13.5. The van der Waals surface area contributed by atoms with Crippen LogP contribution in [-0.2, 0) is 4.79 Å². The lowest BCUT2D eigenvalue weighted by molar-refractivity contribution is -0.120. The Kier molecular flexibility index (Phi) is 6.65. The van der Waals surface area contributed by atoms with Crippen molar-refractivity contribution in [2.24, 2.45) is 11.7 Å². The zero-order valence-corrected chi connectivity index (χ0v) is 12.1. The highest BCUT2D eigenvalue weighted by molar-refractivity contribution is 5.79. The molecule has 3 N–H and O–H groups in total. The van der Waals surface area contributed by atoms with Crippen LogP contribution in [0.1, 0.15) is 46.0 Å². The van der Waals surface area contributed by atoms with Gasteiger partial charge in [0.15, 0.2) is 0 Å². The number of carbonyl (C=O) groups is 1. The van der Waals surface area contributed by atoms with Crippen molar-refractivity contribution in [1.82, 2.24) is 10.2 Å². The van der Waals surface area contributed by atoms with Crippen LogP contribution in [0.2, 0.25) is 0 Å². The minimum absolute atomic E-state index is 0.198. The topological polar surface area (TPSA) is 58.4 Å². The minimum Gasteiger partial charge on any atom is -0.368 e. The minimum atomic E-state index is -0.238. The Balaban J connectivity index is 2.25. The van der Waals surface area contributed by atoms with Crippen molar-refractivity contribution in [3.63, 3.8) is 0 Å². The molecule has 0 aromatic heterocycles. The van der Waals surface area contributed by atoms with E-state index in [4.69, 9.17) is 5.73 Å². The molecule has 1 saturated carbocycles. The first-order chi connectivity index (χ1) is 8.49. The van der Waals surface area contributed by atoms with Gasteiger partial charge in [-0.25, -0.2) is 0 Å². The molecular formula is C14H29N3O. The Hall–Kier alpha value is -0.610. The van der Waals surface area contributed by atoms with Gasteiger partial charge in [-0.15, -0.1) is 0 Å². The molecule has 106 valence electrons. The predicted molar refractivity (Wildman–Crippen MR) is 75.3 cm³/mol. The van der Waals surface area contributed by atoms with Crippen molar-refractivity contribution in [2.45, 2.75) is 58.0 Å². The van der Waals surface area contributed by atoms with Crippen LogP contribution in [0.25, 0.3) is 0 Å². The van der Waals surface area contributed by atoms with E-state index in [0.717, 1.165) is 25.4 Å². The van der Waals surface area contributed by atoms with Gasteiger partial charge in [0.05, 0.1) is 6.04 Å². The molecule has 4 heteroatoms. The van der Waals surface area contributed by atoms with E-state index in [9.17, 15) is 4.79 Å². The molecule has 0 spiro atoms. The van der Waals surface area contributed by atoms with E-state index < -0.39 is 0 Å². The maximum absolute atomic E-state index is 11.3. The fraction of sp³-hybridized carbons (Fsp3) is 0.929. The van der Waals surface area contributed by atoms with Crippen LogP contribution >= 0.6 is 0 Å². The summed E-state index contributed by atoms with van der Waals surface area (Å²) in [5.74, 6) is 0.623. The van der Waals surface area contributed by atoms with Crippen molar-refractivity contribution in [1.29, 1.82) is 0 Å². The highest BCUT2D eigenvalue weighted by Crippen LogP contribution is 2.25. The Morgan fingerprint density at radius 2 is 2.00 bits per heavy atom. The predicted octanol–water partition coefficient (Wildman–Crippen LogP) is 1.35. The molecule has 18 heavy (non-hydrogen) atoms. The highest BCUT2D eigenvalue weighted by atomic mass is 16.1. The van der Waals surface area contributed by atoms with E-state index in [-0.39, 0.29) is 11.9 Å². The summed E-state index contributed by atoms with van der Waals surface area (Å²) < 4.78 is 0. The van der Waals surface area contributed by atoms with Crippen molar-refractivity contribution in [3.8, 4) is 0 Å². The third-order valence-electron chi connectivity index (χ3n) is 3.72. The zero-order valence-electron chi connectivity index (χ0n) is 12.1. The van der Waals surface area contributed by atoms with Crippen molar-refractivity contribution in [3.05, 3.63) is 0 Å². The maximum Gasteiger partial charge on any atom is 0.234 e. The number of nitrogens with zero attached hydrogens (tertiary/aromatic N) is 1. The molecule has 0 saturated heterocycles. The van der Waals surface area contributed by atoms with Crippen LogP contribution in [-0.4, -0.2) is 43.0 Å². The van der Waals surface area contributed by atoms with E-state index in [0.29, 0.717) is 6.04 Å². The Labute approximate surface area is 111 Å². The van der Waals surface area contributed by atoms with E-state index in [1.807, 2.05) is 13.8 Å². The van der Waals surface area contributed by atoms with Crippen LogP contribution in [0.4, 0.5) is 0 Å². The number of primary amides is 1. The van der Waals surface area contributed by atoms with E-state index >= 15 is 0 Å². The van der Waals surface area contributed by atoms with Gasteiger partial charge in [0, 0.05) is 12.6 Å². The van der Waals surface area contributed by atoms with Gasteiger partial charge in [-0.2, -0.15) is 0 Å². The molecule has 1 rings (SSSR count). The monoisotopic (exact) mass is 255 g/mol. The summed E-state index contributed by atoms with van der Waals surface area (Å²) in [6.07, 6.45) is 6.31. The Bertz CT molecular complexity index is 249. The van der Waals surface area contributed by atoms with Crippen molar-refractivity contribution in [2.75, 3.05) is 20.1 Å². The molecular weight excluding hydrogens is 226 g/mol. The highest BCUT2D eigenvalue weighted by Gasteiger charge is 2.19. The average Bonchev–Trinajstić information content (AvgIpc) is 2.76. The number of hydrogen-bond acceptors (Lipinski definition) is 3. The lowest BCUT2D eigenvalue weighted by atomic mass is 10.1. The van der Waals surface area contributed by atoms with Gasteiger partial charge < -0.3 is 16.0 Å². The number of hydrogen-bond donors (Lipinski definition) is 2. The second-order valence-electron chi connectivity index (χ2n) is 5.98. The molecule has 0 aliphatic heterocycles. The first-order valence-corrected chi connectivity index (χ1v) is 7.23. The molecule has 1 atom stereocenters. The standard InChI is InChI=1S/C14H29N3O/c1-11(2)16-13(14(15)18)8-9-17(3)10-12-6-4-5-7-12/h11-13,16H,4-10H2,1-3H3,(H2,15,18). The summed E-state index contributed by atoms with van der Waals surface area (Å²) in [4.78, 5) is 13.7. The molecule has 0 bridgehead atoms. The van der Waals surface area contributed by atoms with E-state index in [2.05, 4.69) is 17.3 Å². The van der Waals surface area contributed by atoms with Gasteiger partial charge in [0.25, 0.3) is 0 Å². The molecule has 4 nitrogen and oxygen atoms in total. The number of nitrogens with two attached hydrogens (primary N) is 1. The fourth-order valence-electron chi connectivity index (χ4n) is 2.78. The SMILES string of the molecule is CC(C)NC(CCN(C)CC1CCCC1)C(N)=O. The van der Waals surface area contributed by atoms with E-state index in [1.54, 1.807) is 0 Å². The second-order valence-corrected chi connectivity index (χ2v) is 5.98. The molecule has 1 aliphatic carbocycles. The first kappa shape index (κ1) is 15.4. The number of carbonyl (C=O) groups excluding carboxylic acids is 1. The molecule has 0 aromatic carbocycles. The fourth-order valence-corrected chi connectivity index (χ4v) is 2.78. The summed E-state index contributed by atoms with van der Waals surface area (Å²) in [5.41, 5.74) is 5.41. The summed E-state index contributed by atoms with van der Waals surface area (Å²) in [7, 11) is 2.14. The Morgan fingerprint density at radius 3 is 2.50 bits per heavy atom. The lowest BCUT2D eigenvalue weighted by Gasteiger charge is -2.24. The molecule has 0 heterocycles. The summed E-state index contributed by atoms with van der Waals surface area (Å²) >= 11 is 0. The normalized spacial score (nSPS) is 18.7. The van der Waals surface area contributed by atoms with Gasteiger partial charge in [0.2, 0.25) is 5.91 Å². The third-order valence-corrected chi connectivity index (χ3v) is 3.72. The van der Waals surface area contributed by atoms with Crippen LogP contribution in [0.3, 0.4) is 0 Å². The Morgan fingerprint density at radius 1 is 1.39 bits per heavy atom. The van der Waals surface area contributed by atoms with E-state index in [1.165, 1.54) is 25.7 Å². The molecule has 1 fully saturated rings. The molecule has 1 aliphatic rings. The van der Waals surface area contributed by atoms with Gasteiger partial charge >= 0.3 is 0 Å². The smallest absolute Gasteiger partial charge is 0.234 e. The first-order valence-electron chi connectivity index (χ1n) is 7.23.